The van der Waals surface area contributed by atoms with Crippen molar-refractivity contribution in [2.75, 3.05) is 5.32 Å². The Morgan fingerprint density at radius 3 is 2.52 bits per heavy atom. The van der Waals surface area contributed by atoms with Crippen LogP contribution in [0.15, 0.2) is 48.5 Å². The first kappa shape index (κ1) is 17.0. The summed E-state index contributed by atoms with van der Waals surface area (Å²) in [5, 5.41) is 5.52. The molecular weight excluding hydrogens is 319 g/mol. The van der Waals surface area contributed by atoms with Gasteiger partial charge < -0.3 is 10.6 Å². The molecule has 23 heavy (non-hydrogen) atoms. The maximum absolute atomic E-state index is 13.7. The summed E-state index contributed by atoms with van der Waals surface area (Å²) in [6.07, 6.45) is -0.0183. The van der Waals surface area contributed by atoms with Gasteiger partial charge in [-0.1, -0.05) is 41.9 Å². The highest BCUT2D eigenvalue weighted by Crippen LogP contribution is 2.22. The van der Waals surface area contributed by atoms with Gasteiger partial charge in [-0.3, -0.25) is 9.59 Å². The highest BCUT2D eigenvalue weighted by atomic mass is 35.5. The molecule has 0 aliphatic rings. The van der Waals surface area contributed by atoms with Crippen LogP contribution in [0.4, 0.5) is 10.1 Å². The van der Waals surface area contributed by atoms with E-state index in [4.69, 9.17) is 11.6 Å². The number of halogens is 2. The van der Waals surface area contributed by atoms with Gasteiger partial charge >= 0.3 is 0 Å². The van der Waals surface area contributed by atoms with Crippen molar-refractivity contribution < 1.29 is 14.0 Å². The van der Waals surface area contributed by atoms with Crippen LogP contribution >= 0.6 is 11.6 Å². The largest absolute Gasteiger partial charge is 0.349 e. The first-order valence-electron chi connectivity index (χ1n) is 7.02. The second-order valence-corrected chi connectivity index (χ2v) is 5.48. The molecule has 2 aromatic rings. The van der Waals surface area contributed by atoms with Crippen LogP contribution < -0.4 is 10.6 Å². The van der Waals surface area contributed by atoms with Crippen molar-refractivity contribution in [1.29, 1.82) is 0 Å². The molecular formula is C17H16ClFN2O2. The van der Waals surface area contributed by atoms with E-state index >= 15 is 0 Å². The third-order valence-electron chi connectivity index (χ3n) is 3.17. The molecule has 0 aromatic heterocycles. The number of carbonyl (C=O) groups excluding carboxylic acids is 2. The minimum Gasteiger partial charge on any atom is -0.349 e. The summed E-state index contributed by atoms with van der Waals surface area (Å²) >= 11 is 5.80. The minimum absolute atomic E-state index is 0.0112. The van der Waals surface area contributed by atoms with E-state index < -0.39 is 17.8 Å². The van der Waals surface area contributed by atoms with Crippen LogP contribution in [0.3, 0.4) is 0 Å². The van der Waals surface area contributed by atoms with Crippen molar-refractivity contribution in [3.8, 4) is 0 Å². The zero-order valence-corrected chi connectivity index (χ0v) is 13.2. The molecule has 4 nitrogen and oxygen atoms in total. The second-order valence-electron chi connectivity index (χ2n) is 5.04. The highest BCUT2D eigenvalue weighted by Gasteiger charge is 2.18. The molecule has 0 fully saturated rings. The Balaban J connectivity index is 2.11. The first-order chi connectivity index (χ1) is 11.0. The number of hydrogen-bond donors (Lipinski definition) is 2. The molecule has 0 radical (unpaired) electrons. The minimum atomic E-state index is -0.571. The number of rotatable bonds is 5. The van der Waals surface area contributed by atoms with Gasteiger partial charge in [-0.15, -0.1) is 0 Å². The number of hydrogen-bond acceptors (Lipinski definition) is 2. The van der Waals surface area contributed by atoms with E-state index in [0.29, 0.717) is 5.02 Å². The quantitative estimate of drug-likeness (QED) is 0.876. The lowest BCUT2D eigenvalue weighted by molar-refractivity contribution is -0.120. The summed E-state index contributed by atoms with van der Waals surface area (Å²) in [5.41, 5.74) is 0.807. The number of anilines is 1. The predicted molar refractivity (Wildman–Crippen MR) is 87.7 cm³/mol. The van der Waals surface area contributed by atoms with E-state index in [2.05, 4.69) is 10.6 Å². The van der Waals surface area contributed by atoms with Crippen LogP contribution in [-0.4, -0.2) is 11.8 Å². The zero-order chi connectivity index (χ0) is 16.8. The molecule has 0 aliphatic heterocycles. The molecule has 0 spiro atoms. The van der Waals surface area contributed by atoms with E-state index in [0.717, 1.165) is 5.56 Å². The Morgan fingerprint density at radius 1 is 1.17 bits per heavy atom. The lowest BCUT2D eigenvalue weighted by Gasteiger charge is -2.18. The fourth-order valence-electron chi connectivity index (χ4n) is 2.16. The molecule has 1 atom stereocenters. The summed E-state index contributed by atoms with van der Waals surface area (Å²) < 4.78 is 13.7. The van der Waals surface area contributed by atoms with Gasteiger partial charge in [0.1, 0.15) is 5.82 Å². The molecule has 0 aliphatic carbocycles. The third-order valence-corrected chi connectivity index (χ3v) is 3.41. The van der Waals surface area contributed by atoms with Gasteiger partial charge in [0.2, 0.25) is 11.8 Å². The maximum atomic E-state index is 13.7. The lowest BCUT2D eigenvalue weighted by atomic mass is 10.0. The van der Waals surface area contributed by atoms with Crippen LogP contribution in [-0.2, 0) is 9.59 Å². The summed E-state index contributed by atoms with van der Waals surface area (Å²) in [5.74, 6) is -1.24. The highest BCUT2D eigenvalue weighted by molar-refractivity contribution is 6.30. The van der Waals surface area contributed by atoms with Crippen molar-refractivity contribution in [2.45, 2.75) is 19.4 Å². The van der Waals surface area contributed by atoms with Gasteiger partial charge in [-0.2, -0.15) is 0 Å². The van der Waals surface area contributed by atoms with Gasteiger partial charge in [0.05, 0.1) is 18.2 Å². The molecule has 6 heteroatoms. The summed E-state index contributed by atoms with van der Waals surface area (Å²) in [6.45, 7) is 1.38. The van der Waals surface area contributed by atoms with Gasteiger partial charge in [-0.05, 0) is 23.8 Å². The summed E-state index contributed by atoms with van der Waals surface area (Å²) in [4.78, 5) is 23.5. The average molecular weight is 335 g/mol. The molecule has 0 bridgehead atoms. The molecule has 2 amide bonds. The van der Waals surface area contributed by atoms with E-state index in [1.165, 1.54) is 25.1 Å². The Hall–Kier alpha value is -2.40. The second kappa shape index (κ2) is 7.74. The SMILES string of the molecule is CC(=O)NC(CC(=O)Nc1cc(Cl)ccc1F)c1ccccc1. The number of amides is 2. The number of benzene rings is 2. The van der Waals surface area contributed by atoms with Crippen molar-refractivity contribution in [2.24, 2.45) is 0 Å². The van der Waals surface area contributed by atoms with Crippen molar-refractivity contribution in [3.05, 3.63) is 64.9 Å². The Morgan fingerprint density at radius 2 is 1.87 bits per heavy atom. The predicted octanol–water partition coefficient (Wildman–Crippen LogP) is 3.69. The molecule has 120 valence electrons. The van der Waals surface area contributed by atoms with E-state index in [1.807, 2.05) is 30.3 Å². The van der Waals surface area contributed by atoms with Crippen LogP contribution in [0.25, 0.3) is 0 Å². The molecule has 2 N–H and O–H groups in total. The van der Waals surface area contributed by atoms with Crippen LogP contribution in [0, 0.1) is 5.82 Å². The van der Waals surface area contributed by atoms with Crippen LogP contribution in [0.5, 0.6) is 0 Å². The third kappa shape index (κ3) is 5.07. The van der Waals surface area contributed by atoms with Gasteiger partial charge in [-0.25, -0.2) is 4.39 Å². The van der Waals surface area contributed by atoms with Crippen molar-refractivity contribution in [1.82, 2.24) is 5.32 Å². The molecule has 0 saturated heterocycles. The summed E-state index contributed by atoms with van der Waals surface area (Å²) in [6, 6.07) is 12.5. The van der Waals surface area contributed by atoms with E-state index in [9.17, 15) is 14.0 Å². The average Bonchev–Trinajstić information content (AvgIpc) is 2.51. The molecule has 2 rings (SSSR count). The topological polar surface area (TPSA) is 58.2 Å². The molecule has 0 heterocycles. The van der Waals surface area contributed by atoms with E-state index in [1.54, 1.807) is 0 Å². The summed E-state index contributed by atoms with van der Waals surface area (Å²) in [7, 11) is 0. The Bertz CT molecular complexity index is 707. The normalized spacial score (nSPS) is 11.6. The van der Waals surface area contributed by atoms with Crippen molar-refractivity contribution in [3.63, 3.8) is 0 Å². The van der Waals surface area contributed by atoms with Gasteiger partial charge in [0, 0.05) is 11.9 Å². The first-order valence-corrected chi connectivity index (χ1v) is 7.40. The smallest absolute Gasteiger partial charge is 0.226 e. The fourth-order valence-corrected chi connectivity index (χ4v) is 2.33. The molecule has 0 saturated carbocycles. The van der Waals surface area contributed by atoms with E-state index in [-0.39, 0.29) is 18.0 Å². The van der Waals surface area contributed by atoms with Gasteiger partial charge in [0.25, 0.3) is 0 Å². The number of nitrogens with one attached hydrogen (secondary N) is 2. The number of carbonyl (C=O) groups is 2. The van der Waals surface area contributed by atoms with Crippen LogP contribution in [0.1, 0.15) is 24.9 Å². The Labute approximate surface area is 138 Å². The van der Waals surface area contributed by atoms with Crippen LogP contribution in [0.2, 0.25) is 5.02 Å². The van der Waals surface area contributed by atoms with Crippen molar-refractivity contribution >= 4 is 29.1 Å². The zero-order valence-electron chi connectivity index (χ0n) is 12.5. The molecule has 2 aromatic carbocycles. The molecule has 1 unspecified atom stereocenters. The fraction of sp³-hybridized carbons (Fsp3) is 0.176. The maximum Gasteiger partial charge on any atom is 0.226 e. The Kier molecular flexibility index (Phi) is 5.71. The lowest BCUT2D eigenvalue weighted by Crippen LogP contribution is -2.29. The monoisotopic (exact) mass is 334 g/mol. The standard InChI is InChI=1S/C17H16ClFN2O2/c1-11(22)20-15(12-5-3-2-4-6-12)10-17(23)21-16-9-13(18)7-8-14(16)19/h2-9,15H,10H2,1H3,(H,20,22)(H,21,23). The van der Waals surface area contributed by atoms with Gasteiger partial charge in [0.15, 0.2) is 0 Å².